The Morgan fingerprint density at radius 3 is 2.50 bits per heavy atom. The summed E-state index contributed by atoms with van der Waals surface area (Å²) < 4.78 is 16.0. The maximum Gasteiger partial charge on any atom is 0.301 e. The van der Waals surface area contributed by atoms with Gasteiger partial charge in [-0.1, -0.05) is 29.9 Å². The van der Waals surface area contributed by atoms with E-state index in [-0.39, 0.29) is 17.2 Å². The van der Waals surface area contributed by atoms with Crippen molar-refractivity contribution in [1.82, 2.24) is 5.16 Å². The highest BCUT2D eigenvalue weighted by atomic mass is 16.5. The van der Waals surface area contributed by atoms with Crippen LogP contribution < -0.4 is 14.4 Å². The monoisotopic (exact) mass is 460 g/mol. The van der Waals surface area contributed by atoms with Crippen molar-refractivity contribution in [3.05, 3.63) is 89.2 Å². The van der Waals surface area contributed by atoms with Crippen LogP contribution >= 0.6 is 0 Å². The predicted molar refractivity (Wildman–Crippen MR) is 126 cm³/mol. The van der Waals surface area contributed by atoms with Gasteiger partial charge < -0.3 is 19.1 Å². The highest BCUT2D eigenvalue weighted by molar-refractivity contribution is 6.51. The van der Waals surface area contributed by atoms with Gasteiger partial charge in [0.1, 0.15) is 29.6 Å². The zero-order valence-corrected chi connectivity index (χ0v) is 19.1. The topological polar surface area (TPSA) is 102 Å². The molecule has 0 radical (unpaired) electrons. The highest BCUT2D eigenvalue weighted by Crippen LogP contribution is 2.42. The number of amides is 1. The van der Waals surface area contributed by atoms with Crippen LogP contribution in [0.4, 0.5) is 5.82 Å². The molecule has 0 aliphatic carbocycles. The molecule has 1 saturated heterocycles. The largest absolute Gasteiger partial charge is 0.507 e. The van der Waals surface area contributed by atoms with E-state index < -0.39 is 17.7 Å². The number of methoxy groups -OCH3 is 1. The lowest BCUT2D eigenvalue weighted by atomic mass is 9.94. The summed E-state index contributed by atoms with van der Waals surface area (Å²) in [6, 6.07) is 12.6. The summed E-state index contributed by atoms with van der Waals surface area (Å²) in [6.45, 7) is 7.48. The summed E-state index contributed by atoms with van der Waals surface area (Å²) in [6.07, 6.45) is 1.63. The first-order valence-electron chi connectivity index (χ1n) is 10.6. The van der Waals surface area contributed by atoms with Gasteiger partial charge in [-0.3, -0.25) is 14.5 Å². The SMILES string of the molecule is C=CCOc1ccc([C@H]2C(=C(O)c3ccc(OC)c(C)c3)C(=O)C(=O)N2c2cc(C)on2)cc1. The summed E-state index contributed by atoms with van der Waals surface area (Å²) in [5.74, 6) is -0.00831. The fraction of sp³-hybridized carbons (Fsp3) is 0.192. The van der Waals surface area contributed by atoms with Gasteiger partial charge >= 0.3 is 5.91 Å². The van der Waals surface area contributed by atoms with Crippen molar-refractivity contribution in [2.75, 3.05) is 18.6 Å². The standard InChI is InChI=1S/C26H24N2O6/c1-5-12-33-19-9-6-17(7-10-19)23-22(24(29)18-8-11-20(32-4)15(2)13-18)25(30)26(31)28(23)21-14-16(3)34-27-21/h5-11,13-14,23,29H,1,12H2,2-4H3/t23-/m0/s1. The number of carbonyl (C=O) groups is 2. The Balaban J connectivity index is 1.87. The molecular formula is C26H24N2O6. The number of aromatic nitrogens is 1. The van der Waals surface area contributed by atoms with Gasteiger partial charge in [0.25, 0.3) is 5.78 Å². The van der Waals surface area contributed by atoms with Crippen molar-refractivity contribution in [1.29, 1.82) is 0 Å². The number of Topliss-reactive ketones (excluding diaryl/α,β-unsaturated/α-hetero) is 1. The summed E-state index contributed by atoms with van der Waals surface area (Å²) in [5, 5.41) is 15.2. The number of rotatable bonds is 7. The first kappa shape index (κ1) is 22.8. The van der Waals surface area contributed by atoms with Crippen LogP contribution in [0.25, 0.3) is 5.76 Å². The van der Waals surface area contributed by atoms with E-state index in [0.717, 1.165) is 5.56 Å². The number of carbonyl (C=O) groups excluding carboxylic acids is 2. The molecule has 8 heteroatoms. The number of anilines is 1. The molecule has 174 valence electrons. The molecule has 1 atom stereocenters. The van der Waals surface area contributed by atoms with E-state index in [9.17, 15) is 14.7 Å². The maximum atomic E-state index is 13.2. The van der Waals surface area contributed by atoms with Crippen molar-refractivity contribution in [3.8, 4) is 11.5 Å². The van der Waals surface area contributed by atoms with Gasteiger partial charge in [0.15, 0.2) is 5.82 Å². The van der Waals surface area contributed by atoms with Crippen molar-refractivity contribution < 1.29 is 28.7 Å². The molecule has 1 aromatic heterocycles. The van der Waals surface area contributed by atoms with Crippen LogP contribution in [-0.2, 0) is 9.59 Å². The Labute approximate surface area is 196 Å². The minimum atomic E-state index is -0.916. The normalized spacial score (nSPS) is 17.1. The number of aliphatic hydroxyl groups is 1. The van der Waals surface area contributed by atoms with E-state index >= 15 is 0 Å². The molecule has 0 unspecified atom stereocenters. The molecule has 2 aromatic carbocycles. The molecule has 2 heterocycles. The van der Waals surface area contributed by atoms with Gasteiger partial charge in [-0.05, 0) is 55.3 Å². The molecule has 8 nitrogen and oxygen atoms in total. The average molecular weight is 460 g/mol. The minimum Gasteiger partial charge on any atom is -0.507 e. The lowest BCUT2D eigenvalue weighted by Gasteiger charge is -2.23. The number of hydrogen-bond acceptors (Lipinski definition) is 7. The van der Waals surface area contributed by atoms with E-state index in [0.29, 0.717) is 35.0 Å². The molecule has 1 aliphatic rings. The Kier molecular flexibility index (Phi) is 6.23. The molecular weight excluding hydrogens is 436 g/mol. The van der Waals surface area contributed by atoms with Gasteiger partial charge in [-0.25, -0.2) is 0 Å². The Morgan fingerprint density at radius 2 is 1.91 bits per heavy atom. The second-order valence-corrected chi connectivity index (χ2v) is 7.82. The lowest BCUT2D eigenvalue weighted by Crippen LogP contribution is -2.29. The molecule has 0 spiro atoms. The Bertz CT molecular complexity index is 1290. The quantitative estimate of drug-likeness (QED) is 0.240. The van der Waals surface area contributed by atoms with Gasteiger partial charge in [0.2, 0.25) is 0 Å². The fourth-order valence-electron chi connectivity index (χ4n) is 3.93. The van der Waals surface area contributed by atoms with E-state index in [1.807, 2.05) is 6.92 Å². The molecule has 1 N–H and O–H groups in total. The Morgan fingerprint density at radius 1 is 1.18 bits per heavy atom. The maximum absolute atomic E-state index is 13.2. The molecule has 34 heavy (non-hydrogen) atoms. The summed E-state index contributed by atoms with van der Waals surface area (Å²) in [5.41, 5.74) is 1.71. The van der Waals surface area contributed by atoms with Gasteiger partial charge in [0, 0.05) is 11.6 Å². The van der Waals surface area contributed by atoms with E-state index in [1.165, 1.54) is 4.90 Å². The number of benzene rings is 2. The van der Waals surface area contributed by atoms with E-state index in [1.54, 1.807) is 68.6 Å². The first-order chi connectivity index (χ1) is 16.3. The fourth-order valence-corrected chi connectivity index (χ4v) is 3.93. The number of aryl methyl sites for hydroxylation is 2. The molecule has 0 saturated carbocycles. The minimum absolute atomic E-state index is 0.0463. The highest BCUT2D eigenvalue weighted by Gasteiger charge is 2.48. The second-order valence-electron chi connectivity index (χ2n) is 7.82. The first-order valence-corrected chi connectivity index (χ1v) is 10.6. The van der Waals surface area contributed by atoms with E-state index in [4.69, 9.17) is 14.0 Å². The smallest absolute Gasteiger partial charge is 0.301 e. The molecule has 3 aromatic rings. The van der Waals surface area contributed by atoms with Crippen LogP contribution in [0.15, 0.2) is 71.3 Å². The summed E-state index contributed by atoms with van der Waals surface area (Å²) >= 11 is 0. The number of aliphatic hydroxyl groups excluding tert-OH is 1. The Hall–Kier alpha value is -4.33. The van der Waals surface area contributed by atoms with Crippen LogP contribution in [0.2, 0.25) is 0 Å². The number of hydrogen-bond donors (Lipinski definition) is 1. The van der Waals surface area contributed by atoms with Crippen molar-refractivity contribution >= 4 is 23.3 Å². The van der Waals surface area contributed by atoms with Gasteiger partial charge in [0.05, 0.1) is 18.7 Å². The lowest BCUT2D eigenvalue weighted by molar-refractivity contribution is -0.132. The van der Waals surface area contributed by atoms with Crippen LogP contribution in [0.3, 0.4) is 0 Å². The number of ketones is 1. The van der Waals surface area contributed by atoms with Crippen LogP contribution in [0.1, 0.15) is 28.5 Å². The van der Waals surface area contributed by atoms with Crippen molar-refractivity contribution in [2.45, 2.75) is 19.9 Å². The summed E-state index contributed by atoms with van der Waals surface area (Å²) in [7, 11) is 1.55. The van der Waals surface area contributed by atoms with Crippen LogP contribution in [0, 0.1) is 13.8 Å². The van der Waals surface area contributed by atoms with Crippen LogP contribution in [-0.4, -0.2) is 35.7 Å². The molecule has 0 bridgehead atoms. The second kappa shape index (κ2) is 9.27. The molecule has 1 aliphatic heterocycles. The van der Waals surface area contributed by atoms with Crippen LogP contribution in [0.5, 0.6) is 11.5 Å². The third-order valence-electron chi connectivity index (χ3n) is 5.54. The molecule has 1 amide bonds. The number of ether oxygens (including phenoxy) is 2. The van der Waals surface area contributed by atoms with Crippen molar-refractivity contribution in [3.63, 3.8) is 0 Å². The third kappa shape index (κ3) is 4.05. The van der Waals surface area contributed by atoms with Gasteiger partial charge in [-0.2, -0.15) is 0 Å². The molecule has 4 rings (SSSR count). The van der Waals surface area contributed by atoms with Crippen molar-refractivity contribution in [2.24, 2.45) is 0 Å². The van der Waals surface area contributed by atoms with E-state index in [2.05, 4.69) is 11.7 Å². The zero-order valence-electron chi connectivity index (χ0n) is 19.1. The molecule has 1 fully saturated rings. The van der Waals surface area contributed by atoms with Gasteiger partial charge in [-0.15, -0.1) is 0 Å². The summed E-state index contributed by atoms with van der Waals surface area (Å²) in [4.78, 5) is 27.5. The third-order valence-corrected chi connectivity index (χ3v) is 5.54. The average Bonchev–Trinajstić information content (AvgIpc) is 3.38. The zero-order chi connectivity index (χ0) is 24.4. The predicted octanol–water partition coefficient (Wildman–Crippen LogP) is 4.49. The number of nitrogens with zero attached hydrogens (tertiary/aromatic N) is 2.